The number of rotatable bonds is 8. The molecule has 0 aliphatic carbocycles. The predicted octanol–water partition coefficient (Wildman–Crippen LogP) is 4.70. The van der Waals surface area contributed by atoms with E-state index >= 15 is 0 Å². The summed E-state index contributed by atoms with van der Waals surface area (Å²) in [5.74, 6) is -1.55. The smallest absolute Gasteiger partial charge is 0.295 e. The van der Waals surface area contributed by atoms with Crippen LogP contribution in [0, 0.1) is 12.7 Å². The number of aryl methyl sites for hydroxylation is 1. The normalized spacial score (nSPS) is 17.1. The van der Waals surface area contributed by atoms with Crippen LogP contribution in [-0.2, 0) is 16.2 Å². The molecule has 0 radical (unpaired) electrons. The van der Waals surface area contributed by atoms with Gasteiger partial charge in [-0.2, -0.15) is 0 Å². The summed E-state index contributed by atoms with van der Waals surface area (Å²) in [4.78, 5) is 29.3. The van der Waals surface area contributed by atoms with Crippen molar-refractivity contribution < 1.29 is 23.8 Å². The Balaban J connectivity index is 1.64. The number of carbonyl (C=O) groups excluding carboxylic acids is 2. The first kappa shape index (κ1) is 25.1. The van der Waals surface area contributed by atoms with Gasteiger partial charge in [0.1, 0.15) is 23.9 Å². The molecule has 0 bridgehead atoms. The van der Waals surface area contributed by atoms with E-state index in [4.69, 9.17) is 4.74 Å². The molecule has 1 heterocycles. The highest BCUT2D eigenvalue weighted by Gasteiger charge is 2.45. The van der Waals surface area contributed by atoms with Crippen LogP contribution >= 0.6 is 0 Å². The van der Waals surface area contributed by atoms with Crippen LogP contribution in [0.2, 0.25) is 0 Å². The number of likely N-dealkylation sites (tertiary alicyclic amines) is 1. The number of aliphatic hydroxyl groups excluding tert-OH is 1. The van der Waals surface area contributed by atoms with Gasteiger partial charge in [-0.25, -0.2) is 4.39 Å². The topological polar surface area (TPSA) is 70.1 Å². The SMILES string of the molecule is Cc1cccc(COc2ccc(C(O)=C3C(=O)C(=O)N(CCN(C)C)C3c3ccc(F)cc3)cc2)c1. The number of halogens is 1. The molecular formula is C29H29FN2O4. The molecule has 3 aromatic carbocycles. The van der Waals surface area contributed by atoms with Crippen molar-refractivity contribution in [3.05, 3.63) is 106 Å². The van der Waals surface area contributed by atoms with Crippen LogP contribution in [0.4, 0.5) is 4.39 Å². The molecule has 0 aromatic heterocycles. The third kappa shape index (κ3) is 5.47. The number of ether oxygens (including phenoxy) is 1. The highest BCUT2D eigenvalue weighted by Crippen LogP contribution is 2.39. The third-order valence-corrected chi connectivity index (χ3v) is 6.13. The predicted molar refractivity (Wildman–Crippen MR) is 136 cm³/mol. The second-order valence-electron chi connectivity index (χ2n) is 9.15. The zero-order chi connectivity index (χ0) is 25.8. The first-order valence-electron chi connectivity index (χ1n) is 11.7. The summed E-state index contributed by atoms with van der Waals surface area (Å²) in [5, 5.41) is 11.2. The average Bonchev–Trinajstić information content (AvgIpc) is 3.11. The number of aliphatic hydroxyl groups is 1. The zero-order valence-electron chi connectivity index (χ0n) is 20.6. The van der Waals surface area contributed by atoms with Crippen molar-refractivity contribution in [2.45, 2.75) is 19.6 Å². The van der Waals surface area contributed by atoms with E-state index in [2.05, 4.69) is 0 Å². The van der Waals surface area contributed by atoms with Crippen LogP contribution in [0.25, 0.3) is 5.76 Å². The Hall–Kier alpha value is -3.97. The van der Waals surface area contributed by atoms with Gasteiger partial charge >= 0.3 is 0 Å². The monoisotopic (exact) mass is 488 g/mol. The molecule has 1 fully saturated rings. The zero-order valence-corrected chi connectivity index (χ0v) is 20.6. The average molecular weight is 489 g/mol. The summed E-state index contributed by atoms with van der Waals surface area (Å²) in [6.45, 7) is 3.22. The van der Waals surface area contributed by atoms with Crippen LogP contribution in [0.5, 0.6) is 5.75 Å². The molecule has 1 saturated heterocycles. The highest BCUT2D eigenvalue weighted by atomic mass is 19.1. The van der Waals surface area contributed by atoms with E-state index in [9.17, 15) is 19.1 Å². The minimum atomic E-state index is -0.817. The maximum Gasteiger partial charge on any atom is 0.295 e. The van der Waals surface area contributed by atoms with Gasteiger partial charge in [0.25, 0.3) is 11.7 Å². The van der Waals surface area contributed by atoms with E-state index in [1.807, 2.05) is 50.2 Å². The van der Waals surface area contributed by atoms with Crippen molar-refractivity contribution in [1.29, 1.82) is 0 Å². The summed E-state index contributed by atoms with van der Waals surface area (Å²) in [7, 11) is 3.73. The molecule has 7 heteroatoms. The first-order valence-corrected chi connectivity index (χ1v) is 11.7. The molecule has 1 amide bonds. The van der Waals surface area contributed by atoms with Crippen molar-refractivity contribution in [2.24, 2.45) is 0 Å². The van der Waals surface area contributed by atoms with Crippen molar-refractivity contribution >= 4 is 17.4 Å². The number of carbonyl (C=O) groups is 2. The minimum Gasteiger partial charge on any atom is -0.507 e. The Morgan fingerprint density at radius 2 is 1.72 bits per heavy atom. The molecular weight excluding hydrogens is 459 g/mol. The van der Waals surface area contributed by atoms with Gasteiger partial charge < -0.3 is 19.6 Å². The molecule has 1 aliphatic heterocycles. The lowest BCUT2D eigenvalue weighted by atomic mass is 9.95. The van der Waals surface area contributed by atoms with Gasteiger partial charge in [0.2, 0.25) is 0 Å². The number of ketones is 1. The van der Waals surface area contributed by atoms with E-state index in [1.54, 1.807) is 24.3 Å². The molecule has 6 nitrogen and oxygen atoms in total. The number of amides is 1. The Bertz CT molecular complexity index is 1280. The Labute approximate surface area is 210 Å². The van der Waals surface area contributed by atoms with Gasteiger partial charge in [-0.05, 0) is 68.5 Å². The summed E-state index contributed by atoms with van der Waals surface area (Å²) < 4.78 is 19.5. The Kier molecular flexibility index (Phi) is 7.50. The van der Waals surface area contributed by atoms with Crippen LogP contribution in [0.1, 0.15) is 28.3 Å². The maximum absolute atomic E-state index is 13.6. The summed E-state index contributed by atoms with van der Waals surface area (Å²) >= 11 is 0. The minimum absolute atomic E-state index is 0.0150. The number of hydrogen-bond donors (Lipinski definition) is 1. The lowest BCUT2D eigenvalue weighted by Crippen LogP contribution is -2.35. The van der Waals surface area contributed by atoms with Gasteiger partial charge in [0.15, 0.2) is 0 Å². The fourth-order valence-electron chi connectivity index (χ4n) is 4.24. The highest BCUT2D eigenvalue weighted by molar-refractivity contribution is 6.46. The first-order chi connectivity index (χ1) is 17.2. The van der Waals surface area contributed by atoms with Crippen LogP contribution < -0.4 is 4.74 Å². The standard InChI is InChI=1S/C29H29FN2O4/c1-19-5-4-6-20(17-19)18-36-24-13-9-22(10-14-24)27(33)25-26(21-7-11-23(30)12-8-21)32(16-15-31(2)3)29(35)28(25)34/h4-14,17,26,33H,15-16,18H2,1-3H3. The van der Waals surface area contributed by atoms with Crippen molar-refractivity contribution in [2.75, 3.05) is 27.2 Å². The van der Waals surface area contributed by atoms with Crippen LogP contribution in [0.3, 0.4) is 0 Å². The van der Waals surface area contributed by atoms with E-state index < -0.39 is 23.5 Å². The molecule has 1 unspecified atom stereocenters. The van der Waals surface area contributed by atoms with E-state index in [-0.39, 0.29) is 17.9 Å². The molecule has 1 atom stereocenters. The fourth-order valence-corrected chi connectivity index (χ4v) is 4.24. The third-order valence-electron chi connectivity index (χ3n) is 6.13. The van der Waals surface area contributed by atoms with Gasteiger partial charge in [-0.1, -0.05) is 42.0 Å². The lowest BCUT2D eigenvalue weighted by Gasteiger charge is -2.26. The molecule has 0 saturated carbocycles. The van der Waals surface area contributed by atoms with Gasteiger partial charge in [-0.15, -0.1) is 0 Å². The van der Waals surface area contributed by atoms with E-state index in [0.29, 0.717) is 30.0 Å². The fraction of sp³-hybridized carbons (Fsp3) is 0.241. The molecule has 186 valence electrons. The second kappa shape index (κ2) is 10.7. The van der Waals surface area contributed by atoms with Crippen LogP contribution in [-0.4, -0.2) is 53.8 Å². The number of likely N-dealkylation sites (N-methyl/N-ethyl adjacent to an activating group) is 1. The lowest BCUT2D eigenvalue weighted by molar-refractivity contribution is -0.140. The Morgan fingerprint density at radius 3 is 2.36 bits per heavy atom. The summed E-state index contributed by atoms with van der Waals surface area (Å²) in [6, 6.07) is 19.5. The number of hydrogen-bond acceptors (Lipinski definition) is 5. The van der Waals surface area contributed by atoms with Gasteiger partial charge in [-0.3, -0.25) is 9.59 Å². The maximum atomic E-state index is 13.6. The quantitative estimate of drug-likeness (QED) is 0.283. The van der Waals surface area contributed by atoms with Crippen molar-refractivity contribution in [1.82, 2.24) is 9.80 Å². The van der Waals surface area contributed by atoms with E-state index in [1.165, 1.54) is 29.2 Å². The number of benzene rings is 3. The molecule has 3 aromatic rings. The molecule has 1 N–H and O–H groups in total. The van der Waals surface area contributed by atoms with Crippen molar-refractivity contribution in [3.8, 4) is 5.75 Å². The molecule has 36 heavy (non-hydrogen) atoms. The van der Waals surface area contributed by atoms with E-state index in [0.717, 1.165) is 11.1 Å². The largest absolute Gasteiger partial charge is 0.507 e. The summed E-state index contributed by atoms with van der Waals surface area (Å²) in [6.07, 6.45) is 0. The van der Waals surface area contributed by atoms with Crippen molar-refractivity contribution in [3.63, 3.8) is 0 Å². The second-order valence-corrected chi connectivity index (χ2v) is 9.15. The molecule has 0 spiro atoms. The Morgan fingerprint density at radius 1 is 1.03 bits per heavy atom. The number of Topliss-reactive ketones (excluding diaryl/α,β-unsaturated/α-hetero) is 1. The summed E-state index contributed by atoms with van der Waals surface area (Å²) in [5.41, 5.74) is 3.11. The number of nitrogens with zero attached hydrogens (tertiary/aromatic N) is 2. The molecule has 4 rings (SSSR count). The van der Waals surface area contributed by atoms with Gasteiger partial charge in [0.05, 0.1) is 11.6 Å². The molecule has 1 aliphatic rings. The van der Waals surface area contributed by atoms with Gasteiger partial charge in [0, 0.05) is 18.7 Å². The van der Waals surface area contributed by atoms with Crippen LogP contribution in [0.15, 0.2) is 78.4 Å².